The van der Waals surface area contributed by atoms with Gasteiger partial charge in [0.1, 0.15) is 24.4 Å². The number of aliphatic hydroxyl groups excluding tert-OH is 3. The second-order valence-electron chi connectivity index (χ2n) is 16.1. The lowest BCUT2D eigenvalue weighted by Gasteiger charge is -2.58. The molecule has 0 aromatic heterocycles. The zero-order valence-electron chi connectivity index (χ0n) is 28.5. The van der Waals surface area contributed by atoms with Crippen LogP contribution in [0.2, 0.25) is 0 Å². The van der Waals surface area contributed by atoms with Crippen molar-refractivity contribution in [1.29, 1.82) is 0 Å². The lowest BCUT2D eigenvalue weighted by Crippen LogP contribution is -2.59. The maximum atomic E-state index is 13.1. The minimum Gasteiger partial charge on any atom is -0.387 e. The highest BCUT2D eigenvalue weighted by Crippen LogP contribution is 2.68. The molecule has 4 aliphatic carbocycles. The van der Waals surface area contributed by atoms with E-state index >= 15 is 0 Å². The summed E-state index contributed by atoms with van der Waals surface area (Å²) in [6.07, 6.45) is 4.58. The largest absolute Gasteiger partial charge is 0.474 e. The summed E-state index contributed by atoms with van der Waals surface area (Å²) in [5, 5.41) is 30.7. The van der Waals surface area contributed by atoms with Crippen LogP contribution in [0.3, 0.4) is 0 Å². The molecule has 14 atom stereocenters. The van der Waals surface area contributed by atoms with Crippen LogP contribution in [0.15, 0.2) is 11.6 Å². The lowest BCUT2D eigenvalue weighted by molar-refractivity contribution is -0.280. The van der Waals surface area contributed by atoms with Crippen LogP contribution in [-0.4, -0.2) is 73.4 Å². The number of hydrogen-bond donors (Lipinski definition) is 6. The van der Waals surface area contributed by atoms with Crippen LogP contribution in [0.1, 0.15) is 105 Å². The Kier molecular flexibility index (Phi) is 11.7. The van der Waals surface area contributed by atoms with Crippen LogP contribution in [0.4, 0.5) is 0 Å². The summed E-state index contributed by atoms with van der Waals surface area (Å²) < 4.78 is 44.6. The number of allylic oxidation sites excluding steroid dienone is 1. The molecule has 6 N–H and O–H groups in total. The number of phosphoric acid groups is 2. The first-order valence-corrected chi connectivity index (χ1v) is 20.7. The number of rotatable bonds is 12. The molecular weight excluding hydrogens is 650 g/mol. The maximum absolute atomic E-state index is 13.1. The van der Waals surface area contributed by atoms with Crippen molar-refractivity contribution in [3.8, 4) is 0 Å². The van der Waals surface area contributed by atoms with Gasteiger partial charge >= 0.3 is 15.6 Å². The van der Waals surface area contributed by atoms with E-state index in [2.05, 4.69) is 45.2 Å². The van der Waals surface area contributed by atoms with Crippen LogP contribution in [0.5, 0.6) is 0 Å². The van der Waals surface area contributed by atoms with Crippen molar-refractivity contribution in [3.63, 3.8) is 0 Å². The fraction of sp³-hybridized carbons (Fsp3) is 0.939. The molecule has 12 nitrogen and oxygen atoms in total. The van der Waals surface area contributed by atoms with Crippen LogP contribution < -0.4 is 0 Å². The van der Waals surface area contributed by atoms with Crippen LogP contribution >= 0.6 is 15.6 Å². The van der Waals surface area contributed by atoms with Crippen molar-refractivity contribution in [3.05, 3.63) is 11.6 Å². The molecule has 0 aromatic carbocycles. The highest BCUT2D eigenvalue weighted by atomic mass is 31.2. The SMILES string of the molecule is CC(C)CCC[C@@H](C)[C@H]1CC[C@H]2[C@@H]3CC=C4C[C@@H](OP(=O)(O)O[C@H]5O[C@H](COP(=O)(O)O)[C@H](O)[C@H](O)[C@@H]5O)CC[C@]4(C)[C@H]3CC[C@]12C. The van der Waals surface area contributed by atoms with E-state index in [0.717, 1.165) is 36.5 Å². The average molecular weight is 709 g/mol. The van der Waals surface area contributed by atoms with E-state index < -0.39 is 59.1 Å². The monoisotopic (exact) mass is 708 g/mol. The van der Waals surface area contributed by atoms with Gasteiger partial charge in [0.15, 0.2) is 6.29 Å². The highest BCUT2D eigenvalue weighted by molar-refractivity contribution is 7.47. The van der Waals surface area contributed by atoms with E-state index in [0.29, 0.717) is 30.1 Å². The molecule has 1 aliphatic heterocycles. The molecule has 0 aromatic rings. The van der Waals surface area contributed by atoms with Gasteiger partial charge in [-0.1, -0.05) is 65.5 Å². The highest BCUT2D eigenvalue weighted by Gasteiger charge is 2.59. The van der Waals surface area contributed by atoms with Gasteiger partial charge in [-0.2, -0.15) is 0 Å². The number of fused-ring (bicyclic) bond motifs is 5. The van der Waals surface area contributed by atoms with E-state index in [-0.39, 0.29) is 5.41 Å². The van der Waals surface area contributed by atoms with Crippen molar-refractivity contribution in [2.75, 3.05) is 6.61 Å². The third kappa shape index (κ3) is 8.15. The van der Waals surface area contributed by atoms with Crippen molar-refractivity contribution in [2.24, 2.45) is 46.3 Å². The first-order chi connectivity index (χ1) is 21.8. The number of aliphatic hydroxyl groups is 3. The Morgan fingerprint density at radius 3 is 2.32 bits per heavy atom. The fourth-order valence-electron chi connectivity index (χ4n) is 10.4. The Bertz CT molecular complexity index is 1220. The van der Waals surface area contributed by atoms with Gasteiger partial charge < -0.3 is 34.7 Å². The second-order valence-corrected chi connectivity index (χ2v) is 18.7. The van der Waals surface area contributed by atoms with E-state index in [1.165, 1.54) is 50.5 Å². The van der Waals surface area contributed by atoms with E-state index in [9.17, 15) is 29.3 Å². The summed E-state index contributed by atoms with van der Waals surface area (Å²) in [7, 11) is -9.78. The van der Waals surface area contributed by atoms with E-state index in [4.69, 9.17) is 23.6 Å². The van der Waals surface area contributed by atoms with Crippen LogP contribution in [0, 0.1) is 46.3 Å². The molecule has 4 fully saturated rings. The molecule has 1 heterocycles. The Hall–Kier alpha value is -0.200. The lowest BCUT2D eigenvalue weighted by atomic mass is 9.47. The predicted octanol–water partition coefficient (Wildman–Crippen LogP) is 5.45. The van der Waals surface area contributed by atoms with Crippen LogP contribution in [0.25, 0.3) is 0 Å². The van der Waals surface area contributed by atoms with Gasteiger partial charge in [-0.25, -0.2) is 9.13 Å². The smallest absolute Gasteiger partial charge is 0.387 e. The van der Waals surface area contributed by atoms with Crippen molar-refractivity contribution < 1.29 is 57.4 Å². The maximum Gasteiger partial charge on any atom is 0.474 e. The summed E-state index contributed by atoms with van der Waals surface area (Å²) in [5.41, 5.74) is 1.65. The summed E-state index contributed by atoms with van der Waals surface area (Å²) in [4.78, 5) is 28.6. The van der Waals surface area contributed by atoms with Gasteiger partial charge in [0.2, 0.25) is 0 Å². The van der Waals surface area contributed by atoms with Gasteiger partial charge in [0.05, 0.1) is 12.7 Å². The summed E-state index contributed by atoms with van der Waals surface area (Å²) in [5.74, 6) is 4.23. The molecule has 1 saturated heterocycles. The van der Waals surface area contributed by atoms with Gasteiger partial charge in [-0.05, 0) is 97.7 Å². The predicted molar refractivity (Wildman–Crippen MR) is 174 cm³/mol. The number of hydrogen-bond acceptors (Lipinski definition) is 9. The zero-order valence-corrected chi connectivity index (χ0v) is 30.3. The molecule has 5 rings (SSSR count). The summed E-state index contributed by atoms with van der Waals surface area (Å²) in [6, 6.07) is 0. The standard InChI is InChI=1S/C33H58O12P2/c1-19(2)7-6-8-20(3)24-11-12-25-23-10-9-21-17-22(13-15-32(21,4)26(23)14-16-33(24,25)5)44-47(40,41)45-31-30(36)29(35)28(34)27(43-31)18-42-46(37,38)39/h9,19-20,22-31,34-36H,6-8,10-18H2,1-5H3,(H,40,41)(H2,37,38,39)/t20-,22+,23+,24-,25+,26+,27-,28+,29+,30+,31-,32+,33-/m1/s1. The summed E-state index contributed by atoms with van der Waals surface area (Å²) >= 11 is 0. The van der Waals surface area contributed by atoms with E-state index in [1.54, 1.807) is 0 Å². The van der Waals surface area contributed by atoms with Gasteiger partial charge in [-0.3, -0.25) is 13.6 Å². The molecule has 1 unspecified atom stereocenters. The first kappa shape index (κ1) is 38.0. The van der Waals surface area contributed by atoms with Crippen molar-refractivity contribution in [2.45, 2.75) is 142 Å². The molecule has 0 radical (unpaired) electrons. The Balaban J connectivity index is 1.20. The Labute approximate surface area is 279 Å². The van der Waals surface area contributed by atoms with Gasteiger partial charge in [-0.15, -0.1) is 0 Å². The molecule has 0 bridgehead atoms. The fourth-order valence-corrected chi connectivity index (χ4v) is 11.8. The second kappa shape index (κ2) is 14.4. The molecule has 272 valence electrons. The molecule has 14 heteroatoms. The molecule has 5 aliphatic rings. The quantitative estimate of drug-likeness (QED) is 0.111. The van der Waals surface area contributed by atoms with Crippen molar-refractivity contribution >= 4 is 15.6 Å². The molecule has 47 heavy (non-hydrogen) atoms. The van der Waals surface area contributed by atoms with Gasteiger partial charge in [0, 0.05) is 0 Å². The average Bonchev–Trinajstić information content (AvgIpc) is 3.33. The molecule has 0 spiro atoms. The number of ether oxygens (including phenoxy) is 1. The topological polar surface area (TPSA) is 192 Å². The molecule has 3 saturated carbocycles. The zero-order chi connectivity index (χ0) is 34.5. The summed E-state index contributed by atoms with van der Waals surface area (Å²) in [6.45, 7) is 11.2. The van der Waals surface area contributed by atoms with E-state index in [1.807, 2.05) is 0 Å². The third-order valence-corrected chi connectivity index (χ3v) is 14.4. The van der Waals surface area contributed by atoms with Crippen LogP contribution in [-0.2, 0) is 27.4 Å². The van der Waals surface area contributed by atoms with Gasteiger partial charge in [0.25, 0.3) is 0 Å². The normalized spacial score (nSPS) is 44.2. The minimum atomic E-state index is -4.94. The third-order valence-electron chi connectivity index (χ3n) is 12.9. The first-order valence-electron chi connectivity index (χ1n) is 17.6. The minimum absolute atomic E-state index is 0.000365. The van der Waals surface area contributed by atoms with Crippen molar-refractivity contribution in [1.82, 2.24) is 0 Å². The Morgan fingerprint density at radius 1 is 0.915 bits per heavy atom. The molecule has 0 amide bonds. The Morgan fingerprint density at radius 2 is 1.64 bits per heavy atom. The molecular formula is C33H58O12P2. The number of phosphoric ester groups is 2.